The summed E-state index contributed by atoms with van der Waals surface area (Å²) in [5.74, 6) is -1.04. The van der Waals surface area contributed by atoms with Crippen LogP contribution in [0.5, 0.6) is 5.75 Å². The second-order valence-electron chi connectivity index (χ2n) is 4.57. The molecule has 0 spiro atoms. The third-order valence-electron chi connectivity index (χ3n) is 2.48. The molecular weight excluding hydrogens is 277 g/mol. The number of hydrogen-bond acceptors (Lipinski definition) is 5. The van der Waals surface area contributed by atoms with Crippen molar-refractivity contribution < 1.29 is 26.5 Å². The van der Waals surface area contributed by atoms with E-state index in [9.17, 15) is 12.8 Å². The Bertz CT molecular complexity index is 587. The average molecular weight is 291 g/mol. The Hall–Kier alpha value is -1.22. The van der Waals surface area contributed by atoms with Crippen LogP contribution in [0.15, 0.2) is 18.2 Å². The van der Waals surface area contributed by atoms with E-state index in [1.54, 1.807) is 13.8 Å². The summed E-state index contributed by atoms with van der Waals surface area (Å²) in [4.78, 5) is 0. The first-order chi connectivity index (χ1) is 8.66. The Labute approximate surface area is 110 Å². The molecule has 0 saturated carbocycles. The Balaban J connectivity index is 2.30. The van der Waals surface area contributed by atoms with Crippen molar-refractivity contribution in [1.29, 1.82) is 0 Å². The molecule has 106 valence electrons. The molecule has 0 amide bonds. The third-order valence-corrected chi connectivity index (χ3v) is 2.95. The lowest BCUT2D eigenvalue weighted by Crippen LogP contribution is -2.39. The number of benzene rings is 1. The van der Waals surface area contributed by atoms with Crippen LogP contribution in [0.4, 0.5) is 4.39 Å². The molecule has 0 saturated heterocycles. The second kappa shape index (κ2) is 4.71. The molecule has 1 heterocycles. The van der Waals surface area contributed by atoms with Crippen LogP contribution in [0.1, 0.15) is 25.5 Å². The van der Waals surface area contributed by atoms with Crippen molar-refractivity contribution in [3.05, 3.63) is 29.6 Å². The van der Waals surface area contributed by atoms with Gasteiger partial charge in [0, 0.05) is 19.4 Å². The number of rotatable bonds is 3. The SMILES string of the molecule is CC1(C)Oc2ccc(F)cc2C(COS(N)(=O)=O)O1. The molecule has 1 aliphatic rings. The predicted octanol–water partition coefficient (Wildman–Crippen LogP) is 1.23. The summed E-state index contributed by atoms with van der Waals surface area (Å²) in [5, 5.41) is 4.76. The van der Waals surface area contributed by atoms with E-state index >= 15 is 0 Å². The summed E-state index contributed by atoms with van der Waals surface area (Å²) < 4.78 is 50.4. The maximum absolute atomic E-state index is 13.2. The van der Waals surface area contributed by atoms with Gasteiger partial charge in [0.2, 0.25) is 5.79 Å². The van der Waals surface area contributed by atoms with Crippen LogP contribution in [0.25, 0.3) is 0 Å². The first-order valence-corrected chi connectivity index (χ1v) is 6.97. The molecular formula is C11H14FNO5S. The van der Waals surface area contributed by atoms with Gasteiger partial charge in [0.15, 0.2) is 0 Å². The van der Waals surface area contributed by atoms with Crippen LogP contribution >= 0.6 is 0 Å². The minimum absolute atomic E-state index is 0.345. The highest BCUT2D eigenvalue weighted by atomic mass is 32.2. The van der Waals surface area contributed by atoms with Gasteiger partial charge in [-0.2, -0.15) is 8.42 Å². The molecule has 1 aliphatic heterocycles. The van der Waals surface area contributed by atoms with Crippen molar-refractivity contribution in [2.24, 2.45) is 5.14 Å². The molecule has 1 aromatic carbocycles. The lowest BCUT2D eigenvalue weighted by atomic mass is 10.1. The molecule has 19 heavy (non-hydrogen) atoms. The van der Waals surface area contributed by atoms with Gasteiger partial charge in [-0.25, -0.2) is 9.53 Å². The van der Waals surface area contributed by atoms with Crippen LogP contribution in [0.3, 0.4) is 0 Å². The minimum Gasteiger partial charge on any atom is -0.463 e. The maximum atomic E-state index is 13.2. The van der Waals surface area contributed by atoms with Gasteiger partial charge < -0.3 is 9.47 Å². The highest BCUT2D eigenvalue weighted by molar-refractivity contribution is 7.84. The summed E-state index contributed by atoms with van der Waals surface area (Å²) in [7, 11) is -4.09. The van der Waals surface area contributed by atoms with Gasteiger partial charge in [-0.3, -0.25) is 4.18 Å². The molecule has 2 N–H and O–H groups in total. The highest BCUT2D eigenvalue weighted by Crippen LogP contribution is 2.39. The van der Waals surface area contributed by atoms with Crippen LogP contribution in [-0.2, 0) is 19.2 Å². The molecule has 1 unspecified atom stereocenters. The quantitative estimate of drug-likeness (QED) is 0.905. The van der Waals surface area contributed by atoms with Gasteiger partial charge in [-0.1, -0.05) is 0 Å². The molecule has 0 aliphatic carbocycles. The lowest BCUT2D eigenvalue weighted by Gasteiger charge is -2.37. The third kappa shape index (κ3) is 3.63. The van der Waals surface area contributed by atoms with Crippen molar-refractivity contribution in [3.8, 4) is 5.75 Å². The van der Waals surface area contributed by atoms with E-state index in [0.717, 1.165) is 0 Å². The van der Waals surface area contributed by atoms with E-state index in [-0.39, 0.29) is 6.61 Å². The fourth-order valence-corrected chi connectivity index (χ4v) is 2.15. The van der Waals surface area contributed by atoms with E-state index in [1.807, 2.05) is 0 Å². The van der Waals surface area contributed by atoms with Gasteiger partial charge in [0.25, 0.3) is 0 Å². The van der Waals surface area contributed by atoms with Crippen molar-refractivity contribution in [2.45, 2.75) is 25.7 Å². The minimum atomic E-state index is -4.09. The first kappa shape index (κ1) is 14.2. The molecule has 6 nitrogen and oxygen atoms in total. The zero-order valence-corrected chi connectivity index (χ0v) is 11.2. The number of hydrogen-bond donors (Lipinski definition) is 1. The molecule has 1 aromatic rings. The fraction of sp³-hybridized carbons (Fsp3) is 0.455. The zero-order chi connectivity index (χ0) is 14.3. The van der Waals surface area contributed by atoms with E-state index in [2.05, 4.69) is 4.18 Å². The second-order valence-corrected chi connectivity index (χ2v) is 5.79. The Morgan fingerprint density at radius 1 is 1.47 bits per heavy atom. The van der Waals surface area contributed by atoms with Crippen molar-refractivity contribution in [1.82, 2.24) is 0 Å². The van der Waals surface area contributed by atoms with Crippen molar-refractivity contribution >= 4 is 10.3 Å². The van der Waals surface area contributed by atoms with Gasteiger partial charge in [-0.05, 0) is 18.2 Å². The smallest absolute Gasteiger partial charge is 0.333 e. The van der Waals surface area contributed by atoms with Crippen LogP contribution in [0.2, 0.25) is 0 Å². The highest BCUT2D eigenvalue weighted by Gasteiger charge is 2.35. The monoisotopic (exact) mass is 291 g/mol. The Morgan fingerprint density at radius 2 is 2.16 bits per heavy atom. The molecule has 0 radical (unpaired) electrons. The summed E-state index contributed by atoms with van der Waals surface area (Å²) in [5.41, 5.74) is 0.378. The molecule has 8 heteroatoms. The number of nitrogens with two attached hydrogens (primary N) is 1. The fourth-order valence-electron chi connectivity index (χ4n) is 1.84. The van der Waals surface area contributed by atoms with Gasteiger partial charge >= 0.3 is 10.3 Å². The maximum Gasteiger partial charge on any atom is 0.333 e. The zero-order valence-electron chi connectivity index (χ0n) is 10.4. The van der Waals surface area contributed by atoms with Crippen LogP contribution < -0.4 is 9.88 Å². The molecule has 0 aromatic heterocycles. The van der Waals surface area contributed by atoms with Gasteiger partial charge in [0.1, 0.15) is 17.7 Å². The summed E-state index contributed by atoms with van der Waals surface area (Å²) in [6.07, 6.45) is -0.784. The van der Waals surface area contributed by atoms with E-state index in [1.165, 1.54) is 18.2 Å². The average Bonchev–Trinajstić information content (AvgIpc) is 2.25. The topological polar surface area (TPSA) is 87.9 Å². The summed E-state index contributed by atoms with van der Waals surface area (Å²) in [6.45, 7) is 2.97. The molecule has 0 fully saturated rings. The first-order valence-electron chi connectivity index (χ1n) is 5.50. The van der Waals surface area contributed by atoms with Gasteiger partial charge in [-0.15, -0.1) is 0 Å². The molecule has 1 atom stereocenters. The number of ether oxygens (including phenoxy) is 2. The van der Waals surface area contributed by atoms with E-state index in [4.69, 9.17) is 14.6 Å². The predicted molar refractivity (Wildman–Crippen MR) is 64.0 cm³/mol. The van der Waals surface area contributed by atoms with Crippen molar-refractivity contribution in [2.75, 3.05) is 6.61 Å². The Kier molecular flexibility index (Phi) is 3.52. The normalized spacial score (nSPS) is 21.6. The number of halogens is 1. The van der Waals surface area contributed by atoms with Crippen molar-refractivity contribution in [3.63, 3.8) is 0 Å². The summed E-state index contributed by atoms with van der Waals surface area (Å²) in [6, 6.07) is 3.92. The van der Waals surface area contributed by atoms with E-state index in [0.29, 0.717) is 11.3 Å². The molecule has 2 rings (SSSR count). The van der Waals surface area contributed by atoms with E-state index < -0.39 is 28.0 Å². The largest absolute Gasteiger partial charge is 0.463 e. The lowest BCUT2D eigenvalue weighted by molar-refractivity contribution is -0.212. The van der Waals surface area contributed by atoms with Crippen LogP contribution in [-0.4, -0.2) is 20.8 Å². The van der Waals surface area contributed by atoms with Gasteiger partial charge in [0.05, 0.1) is 6.61 Å². The Morgan fingerprint density at radius 3 is 2.79 bits per heavy atom. The molecule has 0 bridgehead atoms. The number of fused-ring (bicyclic) bond motifs is 1. The van der Waals surface area contributed by atoms with Crippen LogP contribution in [0, 0.1) is 5.82 Å². The summed E-state index contributed by atoms with van der Waals surface area (Å²) >= 11 is 0. The standard InChI is InChI=1S/C11H14FNO5S/c1-11(2)17-9-4-3-7(12)5-8(9)10(18-11)6-16-19(13,14)15/h3-5,10H,6H2,1-2H3,(H2,13,14,15).